The maximum absolute atomic E-state index is 12.9. The molecule has 0 amide bonds. The lowest BCUT2D eigenvalue weighted by molar-refractivity contribution is 0.283. The van der Waals surface area contributed by atoms with Crippen molar-refractivity contribution in [2.45, 2.75) is 26.0 Å². The van der Waals surface area contributed by atoms with Gasteiger partial charge in [0.05, 0.1) is 7.11 Å². The molecule has 25 heavy (non-hydrogen) atoms. The predicted molar refractivity (Wildman–Crippen MR) is 96.8 cm³/mol. The minimum absolute atomic E-state index is 0.205. The highest BCUT2D eigenvalue weighted by Gasteiger charge is 2.11. The molecule has 0 saturated carbocycles. The molecule has 0 bridgehead atoms. The number of hydrogen-bond donors (Lipinski definition) is 2. The van der Waals surface area contributed by atoms with Gasteiger partial charge in [-0.15, -0.1) is 0 Å². The van der Waals surface area contributed by atoms with E-state index in [9.17, 15) is 4.39 Å². The summed E-state index contributed by atoms with van der Waals surface area (Å²) in [5.74, 6) is 0.861. The highest BCUT2D eigenvalue weighted by atomic mass is 35.5. The first-order valence-electron chi connectivity index (χ1n) is 8.19. The van der Waals surface area contributed by atoms with Crippen molar-refractivity contribution in [1.82, 2.24) is 5.32 Å². The summed E-state index contributed by atoms with van der Waals surface area (Å²) in [4.78, 5) is 0. The summed E-state index contributed by atoms with van der Waals surface area (Å²) in [6.45, 7) is 1.92. The third kappa shape index (κ3) is 6.20. The van der Waals surface area contributed by atoms with Crippen molar-refractivity contribution in [2.75, 3.05) is 20.3 Å². The molecule has 0 radical (unpaired) electrons. The zero-order valence-corrected chi connectivity index (χ0v) is 15.0. The third-order valence-corrected chi connectivity index (χ3v) is 4.07. The van der Waals surface area contributed by atoms with Gasteiger partial charge >= 0.3 is 0 Å². The summed E-state index contributed by atoms with van der Waals surface area (Å²) in [5.41, 5.74) is 1.77. The summed E-state index contributed by atoms with van der Waals surface area (Å²) in [6, 6.07) is 9.72. The van der Waals surface area contributed by atoms with Gasteiger partial charge in [0.1, 0.15) is 12.4 Å². The lowest BCUT2D eigenvalue weighted by Gasteiger charge is -2.14. The molecule has 4 nitrogen and oxygen atoms in total. The van der Waals surface area contributed by atoms with E-state index >= 15 is 0 Å². The third-order valence-electron chi connectivity index (χ3n) is 3.72. The van der Waals surface area contributed by atoms with Crippen LogP contribution >= 0.6 is 11.6 Å². The fourth-order valence-electron chi connectivity index (χ4n) is 2.31. The Balaban J connectivity index is 1.98. The Hall–Kier alpha value is -1.82. The standard InChI is InChI=1S/C19H23ClFNO3/c1-24-18-10-15(12-22-8-2-3-9-23)17(20)11-19(18)25-13-14-4-6-16(21)7-5-14/h4-7,10-11,22-23H,2-3,8-9,12-13H2,1H3. The van der Waals surface area contributed by atoms with Crippen LogP contribution in [0.25, 0.3) is 0 Å². The lowest BCUT2D eigenvalue weighted by atomic mass is 10.2. The zero-order chi connectivity index (χ0) is 18.1. The van der Waals surface area contributed by atoms with Crippen molar-refractivity contribution in [1.29, 1.82) is 0 Å². The number of nitrogens with one attached hydrogen (secondary N) is 1. The Morgan fingerprint density at radius 2 is 1.88 bits per heavy atom. The summed E-state index contributed by atoms with van der Waals surface area (Å²) < 4.78 is 24.1. The van der Waals surface area contributed by atoms with Gasteiger partial charge in [0.2, 0.25) is 0 Å². The van der Waals surface area contributed by atoms with Crippen LogP contribution in [-0.4, -0.2) is 25.4 Å². The van der Waals surface area contributed by atoms with Crippen LogP contribution in [0.1, 0.15) is 24.0 Å². The molecule has 0 aliphatic carbocycles. The molecule has 6 heteroatoms. The second kappa shape index (κ2) is 10.2. The van der Waals surface area contributed by atoms with E-state index < -0.39 is 0 Å². The minimum atomic E-state index is -0.278. The van der Waals surface area contributed by atoms with Gasteiger partial charge < -0.3 is 19.9 Å². The van der Waals surface area contributed by atoms with Crippen molar-refractivity contribution < 1.29 is 19.0 Å². The number of methoxy groups -OCH3 is 1. The van der Waals surface area contributed by atoms with Gasteiger partial charge in [0.15, 0.2) is 11.5 Å². The van der Waals surface area contributed by atoms with E-state index in [2.05, 4.69) is 5.32 Å². The average Bonchev–Trinajstić information content (AvgIpc) is 2.62. The molecule has 136 valence electrons. The number of aliphatic hydroxyl groups is 1. The van der Waals surface area contributed by atoms with E-state index in [-0.39, 0.29) is 12.4 Å². The van der Waals surface area contributed by atoms with E-state index in [1.807, 2.05) is 6.07 Å². The van der Waals surface area contributed by atoms with Crippen LogP contribution in [0, 0.1) is 5.82 Å². The van der Waals surface area contributed by atoms with Crippen molar-refractivity contribution in [2.24, 2.45) is 0 Å². The molecule has 0 heterocycles. The van der Waals surface area contributed by atoms with Crippen LogP contribution in [0.3, 0.4) is 0 Å². The van der Waals surface area contributed by atoms with Gasteiger partial charge in [0, 0.05) is 24.2 Å². The van der Waals surface area contributed by atoms with Gasteiger partial charge in [-0.25, -0.2) is 4.39 Å². The molecule has 0 aliphatic rings. The van der Waals surface area contributed by atoms with E-state index in [0.717, 1.165) is 30.5 Å². The van der Waals surface area contributed by atoms with Crippen molar-refractivity contribution in [3.63, 3.8) is 0 Å². The highest BCUT2D eigenvalue weighted by molar-refractivity contribution is 6.31. The second-order valence-electron chi connectivity index (χ2n) is 5.62. The van der Waals surface area contributed by atoms with Gasteiger partial charge in [-0.2, -0.15) is 0 Å². The molecule has 2 rings (SSSR count). The number of hydrogen-bond acceptors (Lipinski definition) is 4. The number of aliphatic hydroxyl groups excluding tert-OH is 1. The summed E-state index contributed by atoms with van der Waals surface area (Å²) in [7, 11) is 1.58. The first-order valence-corrected chi connectivity index (χ1v) is 8.57. The van der Waals surface area contributed by atoms with Crippen LogP contribution < -0.4 is 14.8 Å². The van der Waals surface area contributed by atoms with Gasteiger partial charge in [-0.05, 0) is 48.7 Å². The first kappa shape index (κ1) is 19.5. The number of rotatable bonds is 10. The quantitative estimate of drug-likeness (QED) is 0.625. The number of halogens is 2. The molecular weight excluding hydrogens is 345 g/mol. The molecule has 0 unspecified atom stereocenters. The molecule has 2 aromatic rings. The Kier molecular flexibility index (Phi) is 7.98. The number of ether oxygens (including phenoxy) is 2. The number of unbranched alkanes of at least 4 members (excludes halogenated alkanes) is 1. The average molecular weight is 368 g/mol. The van der Waals surface area contributed by atoms with E-state index in [1.54, 1.807) is 25.3 Å². The van der Waals surface area contributed by atoms with Crippen LogP contribution in [0.5, 0.6) is 11.5 Å². The van der Waals surface area contributed by atoms with Crippen LogP contribution in [0.4, 0.5) is 4.39 Å². The molecule has 0 spiro atoms. The predicted octanol–water partition coefficient (Wildman–Crippen LogP) is 3.93. The molecule has 0 atom stereocenters. The first-order chi connectivity index (χ1) is 12.1. The van der Waals surface area contributed by atoms with E-state index in [4.69, 9.17) is 26.2 Å². The fraction of sp³-hybridized carbons (Fsp3) is 0.368. The Morgan fingerprint density at radius 1 is 1.12 bits per heavy atom. The summed E-state index contributed by atoms with van der Waals surface area (Å²) in [5, 5.41) is 12.6. The molecule has 0 saturated heterocycles. The molecule has 0 fully saturated rings. The van der Waals surface area contributed by atoms with E-state index in [1.165, 1.54) is 12.1 Å². The topological polar surface area (TPSA) is 50.7 Å². The van der Waals surface area contributed by atoms with Crippen molar-refractivity contribution >= 4 is 11.6 Å². The Morgan fingerprint density at radius 3 is 2.56 bits per heavy atom. The monoisotopic (exact) mass is 367 g/mol. The second-order valence-corrected chi connectivity index (χ2v) is 6.02. The smallest absolute Gasteiger partial charge is 0.163 e. The van der Waals surface area contributed by atoms with Gasteiger partial charge in [0.25, 0.3) is 0 Å². The van der Waals surface area contributed by atoms with Crippen LogP contribution in [0.15, 0.2) is 36.4 Å². The lowest BCUT2D eigenvalue weighted by Crippen LogP contribution is -2.15. The fourth-order valence-corrected chi connectivity index (χ4v) is 2.53. The molecular formula is C19H23ClFNO3. The van der Waals surface area contributed by atoms with Crippen molar-refractivity contribution in [3.8, 4) is 11.5 Å². The summed E-state index contributed by atoms with van der Waals surface area (Å²) in [6.07, 6.45) is 1.68. The molecule has 2 N–H and O–H groups in total. The SMILES string of the molecule is COc1cc(CNCCCCO)c(Cl)cc1OCc1ccc(F)cc1. The van der Waals surface area contributed by atoms with Crippen LogP contribution in [-0.2, 0) is 13.2 Å². The Bertz CT molecular complexity index is 664. The number of benzene rings is 2. The van der Waals surface area contributed by atoms with Crippen LogP contribution in [0.2, 0.25) is 5.02 Å². The van der Waals surface area contributed by atoms with Crippen molar-refractivity contribution in [3.05, 3.63) is 58.4 Å². The molecule has 0 aliphatic heterocycles. The maximum Gasteiger partial charge on any atom is 0.163 e. The van der Waals surface area contributed by atoms with E-state index in [0.29, 0.717) is 29.7 Å². The van der Waals surface area contributed by atoms with Gasteiger partial charge in [-0.3, -0.25) is 0 Å². The van der Waals surface area contributed by atoms with Gasteiger partial charge in [-0.1, -0.05) is 23.7 Å². The zero-order valence-electron chi connectivity index (χ0n) is 14.2. The molecule has 2 aromatic carbocycles. The highest BCUT2D eigenvalue weighted by Crippen LogP contribution is 2.34. The summed E-state index contributed by atoms with van der Waals surface area (Å²) >= 11 is 6.34. The minimum Gasteiger partial charge on any atom is -0.493 e. The largest absolute Gasteiger partial charge is 0.493 e. The maximum atomic E-state index is 12.9. The Labute approximate surface area is 152 Å². The molecule has 0 aromatic heterocycles. The normalized spacial score (nSPS) is 10.7.